The molecule has 0 saturated heterocycles. The van der Waals surface area contributed by atoms with Crippen molar-refractivity contribution < 1.29 is 19.5 Å². The van der Waals surface area contributed by atoms with E-state index in [0.717, 1.165) is 6.42 Å². The number of hydrogen-bond acceptors (Lipinski definition) is 0. The molecule has 0 aliphatic heterocycles. The van der Waals surface area contributed by atoms with E-state index in [2.05, 4.69) is 6.92 Å². The third-order valence-corrected chi connectivity index (χ3v) is 0. The molecule has 0 unspecified atom stereocenters. The van der Waals surface area contributed by atoms with Crippen molar-refractivity contribution in [3.05, 3.63) is 6.92 Å². The molecule has 0 radical (unpaired) electrons. The average molecular weight is 108 g/mol. The topological polar surface area (TPSA) is 0 Å². The Labute approximate surface area is 40.4 Å². The molecule has 0 aliphatic rings. The Bertz CT molecular complexity index is 3.25. The summed E-state index contributed by atoms with van der Waals surface area (Å²) < 4.78 is 0. The van der Waals surface area contributed by atoms with E-state index in [1.54, 1.807) is 0 Å². The molecule has 0 amide bonds. The minimum atomic E-state index is 0. The van der Waals surface area contributed by atoms with E-state index in [1.807, 2.05) is 6.92 Å². The molecule has 0 nitrogen and oxygen atoms in total. The Kier molecular flexibility index (Phi) is 20.9. The first kappa shape index (κ1) is 8.82. The zero-order valence-electron chi connectivity index (χ0n) is 3.12. The fourth-order valence-electron chi connectivity index (χ4n) is 0. The van der Waals surface area contributed by atoms with Gasteiger partial charge in [0.2, 0.25) is 0 Å². The van der Waals surface area contributed by atoms with Crippen molar-refractivity contribution in [2.75, 3.05) is 0 Å². The Morgan fingerprint density at radius 2 is 1.75 bits per heavy atom. The maximum absolute atomic E-state index is 3.49. The van der Waals surface area contributed by atoms with Crippen LogP contribution in [0.15, 0.2) is 0 Å². The van der Waals surface area contributed by atoms with Gasteiger partial charge >= 0.3 is 19.5 Å². The predicted octanol–water partition coefficient (Wildman–Crippen LogP) is 1.23. The summed E-state index contributed by atoms with van der Waals surface area (Å²) in [6, 6.07) is 0. The van der Waals surface area contributed by atoms with Gasteiger partial charge in [-0.25, -0.2) is 0 Å². The SMILES string of the molecule is [CH2-]CC.[Zn+2]. The third-order valence-electron chi connectivity index (χ3n) is 0. The molecular formula is C3H7Zn+. The maximum atomic E-state index is 3.49. The van der Waals surface area contributed by atoms with Gasteiger partial charge in [0.25, 0.3) is 0 Å². The van der Waals surface area contributed by atoms with Crippen LogP contribution < -0.4 is 0 Å². The van der Waals surface area contributed by atoms with E-state index in [-0.39, 0.29) is 19.5 Å². The zero-order chi connectivity index (χ0) is 2.71. The quantitative estimate of drug-likeness (QED) is 0.323. The molecule has 0 N–H and O–H groups in total. The standard InChI is InChI=1S/C3H7.Zn/c1-3-2;/h1,3H2,2H3;/q-1;+2. The van der Waals surface area contributed by atoms with Crippen molar-refractivity contribution in [2.45, 2.75) is 13.3 Å². The van der Waals surface area contributed by atoms with Crippen molar-refractivity contribution in [1.82, 2.24) is 0 Å². The molecule has 0 rings (SSSR count). The third kappa shape index (κ3) is 17.8. The fraction of sp³-hybridized carbons (Fsp3) is 0.667. The summed E-state index contributed by atoms with van der Waals surface area (Å²) in [5.41, 5.74) is 0. The van der Waals surface area contributed by atoms with Crippen LogP contribution in [0, 0.1) is 6.92 Å². The van der Waals surface area contributed by atoms with Crippen molar-refractivity contribution in [3.63, 3.8) is 0 Å². The molecule has 4 heavy (non-hydrogen) atoms. The first-order valence-corrected chi connectivity index (χ1v) is 1.21. The van der Waals surface area contributed by atoms with E-state index in [4.69, 9.17) is 0 Å². The van der Waals surface area contributed by atoms with Crippen LogP contribution in [0.2, 0.25) is 0 Å². The molecule has 0 aliphatic carbocycles. The van der Waals surface area contributed by atoms with Crippen LogP contribution in [0.5, 0.6) is 0 Å². The summed E-state index contributed by atoms with van der Waals surface area (Å²) in [7, 11) is 0. The van der Waals surface area contributed by atoms with Gasteiger partial charge in [0.05, 0.1) is 0 Å². The van der Waals surface area contributed by atoms with Crippen LogP contribution in [-0.4, -0.2) is 0 Å². The van der Waals surface area contributed by atoms with Crippen LogP contribution in [-0.2, 0) is 19.5 Å². The largest absolute Gasteiger partial charge is 2.00 e. The molecule has 0 saturated carbocycles. The monoisotopic (exact) mass is 107 g/mol. The molecule has 0 aromatic rings. The second-order valence-electron chi connectivity index (χ2n) is 0.500. The average Bonchev–Trinajstić information content (AvgIpc) is 0.918. The second-order valence-corrected chi connectivity index (χ2v) is 0.500. The van der Waals surface area contributed by atoms with Crippen LogP contribution in [0.4, 0.5) is 0 Å². The van der Waals surface area contributed by atoms with Gasteiger partial charge in [-0.1, -0.05) is 6.92 Å². The van der Waals surface area contributed by atoms with Crippen molar-refractivity contribution >= 4 is 0 Å². The second kappa shape index (κ2) is 9.46. The molecule has 20 valence electrons. The van der Waals surface area contributed by atoms with Gasteiger partial charge in [-0.15, -0.1) is 0 Å². The van der Waals surface area contributed by atoms with Crippen molar-refractivity contribution in [3.8, 4) is 0 Å². The first-order chi connectivity index (χ1) is 1.41. The molecular weight excluding hydrogens is 101 g/mol. The molecule has 1 heteroatoms. The maximum Gasteiger partial charge on any atom is 2.00 e. The molecule has 0 fully saturated rings. The summed E-state index contributed by atoms with van der Waals surface area (Å²) in [6.07, 6.45) is 1.00. The van der Waals surface area contributed by atoms with E-state index in [1.165, 1.54) is 0 Å². The summed E-state index contributed by atoms with van der Waals surface area (Å²) >= 11 is 0. The normalized spacial score (nSPS) is 4.50. The molecule has 0 spiro atoms. The van der Waals surface area contributed by atoms with E-state index < -0.39 is 0 Å². The van der Waals surface area contributed by atoms with E-state index in [9.17, 15) is 0 Å². The van der Waals surface area contributed by atoms with Gasteiger partial charge in [-0.05, 0) is 0 Å². The molecule has 0 atom stereocenters. The van der Waals surface area contributed by atoms with E-state index in [0.29, 0.717) is 0 Å². The first-order valence-electron chi connectivity index (χ1n) is 1.21. The minimum Gasteiger partial charge on any atom is -0.344 e. The fourth-order valence-corrected chi connectivity index (χ4v) is 0. The summed E-state index contributed by atoms with van der Waals surface area (Å²) in [5, 5.41) is 0. The Morgan fingerprint density at radius 1 is 1.75 bits per heavy atom. The van der Waals surface area contributed by atoms with Crippen LogP contribution in [0.1, 0.15) is 13.3 Å². The Morgan fingerprint density at radius 3 is 1.75 bits per heavy atom. The van der Waals surface area contributed by atoms with Gasteiger partial charge in [0.1, 0.15) is 0 Å². The van der Waals surface area contributed by atoms with Crippen LogP contribution in [0.25, 0.3) is 0 Å². The number of rotatable bonds is 0. The zero-order valence-corrected chi connectivity index (χ0v) is 6.09. The molecule has 0 aromatic carbocycles. The van der Waals surface area contributed by atoms with Crippen LogP contribution >= 0.6 is 0 Å². The molecule has 0 bridgehead atoms. The van der Waals surface area contributed by atoms with Gasteiger partial charge in [0, 0.05) is 0 Å². The summed E-state index contributed by atoms with van der Waals surface area (Å²) in [5.74, 6) is 0. The Hall–Kier alpha value is 0.623. The smallest absolute Gasteiger partial charge is 0.344 e. The van der Waals surface area contributed by atoms with Crippen molar-refractivity contribution in [2.24, 2.45) is 0 Å². The Balaban J connectivity index is 0. The summed E-state index contributed by atoms with van der Waals surface area (Å²) in [6.45, 7) is 5.50. The molecule has 0 aromatic heterocycles. The van der Waals surface area contributed by atoms with Gasteiger partial charge < -0.3 is 6.92 Å². The van der Waals surface area contributed by atoms with Gasteiger partial charge in [-0.3, -0.25) is 0 Å². The number of hydrogen-bond donors (Lipinski definition) is 0. The molecule has 0 heterocycles. The summed E-state index contributed by atoms with van der Waals surface area (Å²) in [4.78, 5) is 0. The minimum absolute atomic E-state index is 0. The van der Waals surface area contributed by atoms with Gasteiger partial charge in [-0.2, -0.15) is 6.42 Å². The van der Waals surface area contributed by atoms with Gasteiger partial charge in [0.15, 0.2) is 0 Å². The van der Waals surface area contributed by atoms with E-state index >= 15 is 0 Å². The van der Waals surface area contributed by atoms with Crippen LogP contribution in [0.3, 0.4) is 0 Å². The van der Waals surface area contributed by atoms with Crippen molar-refractivity contribution in [1.29, 1.82) is 0 Å². The predicted molar refractivity (Wildman–Crippen MR) is 15.6 cm³/mol.